The van der Waals surface area contributed by atoms with Crippen LogP contribution in [0.4, 0.5) is 4.79 Å². The molecule has 2 amide bonds. The van der Waals surface area contributed by atoms with Gasteiger partial charge in [0.1, 0.15) is 18.4 Å². The maximum absolute atomic E-state index is 13.2. The molecule has 1 saturated carbocycles. The van der Waals surface area contributed by atoms with Crippen LogP contribution < -0.4 is 10.6 Å². The van der Waals surface area contributed by atoms with Gasteiger partial charge in [0.15, 0.2) is 0 Å². The quantitative estimate of drug-likeness (QED) is 0.359. The van der Waals surface area contributed by atoms with Gasteiger partial charge in [0.2, 0.25) is 5.91 Å². The first-order valence-electron chi connectivity index (χ1n) is 10.8. The lowest BCUT2D eigenvalue weighted by molar-refractivity contribution is -0.124. The first kappa shape index (κ1) is 25.1. The fourth-order valence-electron chi connectivity index (χ4n) is 3.90. The monoisotopic (exact) mass is 662 g/mol. The summed E-state index contributed by atoms with van der Waals surface area (Å²) < 4.78 is 6.76. The highest BCUT2D eigenvalue weighted by atomic mass is 127. The molecule has 0 bridgehead atoms. The summed E-state index contributed by atoms with van der Waals surface area (Å²) in [6.07, 6.45) is 4.00. The average Bonchev–Trinajstić information content (AvgIpc) is 2.78. The molecule has 0 aliphatic heterocycles. The maximum Gasteiger partial charge on any atom is 0.408 e. The fraction of sp³-hybridized carbons (Fsp3) is 0.417. The first-order chi connectivity index (χ1) is 15.3. The molecular formula is C24H28I2N2O4. The number of rotatable bonds is 7. The molecule has 0 aromatic heterocycles. The second kappa shape index (κ2) is 12.1. The number of alkyl carbamates (subject to hydrolysis) is 1. The summed E-state index contributed by atoms with van der Waals surface area (Å²) in [5.41, 5.74) is 1.74. The maximum atomic E-state index is 13.2. The Balaban J connectivity index is 1.70. The molecule has 0 saturated heterocycles. The Morgan fingerprint density at radius 3 is 2.41 bits per heavy atom. The molecule has 8 heteroatoms. The molecule has 3 N–H and O–H groups in total. The van der Waals surface area contributed by atoms with Crippen molar-refractivity contribution in [3.8, 4) is 5.75 Å². The highest BCUT2D eigenvalue weighted by Crippen LogP contribution is 2.28. The molecule has 1 aliphatic carbocycles. The average molecular weight is 662 g/mol. The molecule has 1 aliphatic rings. The van der Waals surface area contributed by atoms with Crippen molar-refractivity contribution in [2.24, 2.45) is 5.92 Å². The molecule has 0 spiro atoms. The minimum atomic E-state index is -0.774. The first-order valence-corrected chi connectivity index (χ1v) is 12.9. The minimum absolute atomic E-state index is 0.112. The summed E-state index contributed by atoms with van der Waals surface area (Å²) in [4.78, 5) is 25.7. The smallest absolute Gasteiger partial charge is 0.408 e. The van der Waals surface area contributed by atoms with Crippen LogP contribution in [0.2, 0.25) is 0 Å². The number of carbonyl (C=O) groups is 2. The summed E-state index contributed by atoms with van der Waals surface area (Å²) in [6, 6.07) is 12.4. The van der Waals surface area contributed by atoms with Crippen LogP contribution in [0.3, 0.4) is 0 Å². The van der Waals surface area contributed by atoms with Crippen LogP contribution in [-0.4, -0.2) is 29.2 Å². The van der Waals surface area contributed by atoms with Gasteiger partial charge in [-0.15, -0.1) is 0 Å². The lowest BCUT2D eigenvalue weighted by Crippen LogP contribution is -2.52. The molecule has 2 aromatic carbocycles. The highest BCUT2D eigenvalue weighted by Gasteiger charge is 2.28. The second-order valence-corrected chi connectivity index (χ2v) is 10.6. The van der Waals surface area contributed by atoms with Gasteiger partial charge in [-0.2, -0.15) is 0 Å². The van der Waals surface area contributed by atoms with Gasteiger partial charge in [-0.25, -0.2) is 4.79 Å². The van der Waals surface area contributed by atoms with Crippen LogP contribution in [0.1, 0.15) is 43.7 Å². The van der Waals surface area contributed by atoms with Crippen molar-refractivity contribution < 1.29 is 19.4 Å². The normalized spacial score (nSPS) is 19.1. The van der Waals surface area contributed by atoms with Gasteiger partial charge in [-0.05, 0) is 87.2 Å². The standard InChI is InChI=1S/C24H28I2N2O4/c1-15-7-5-6-10-20(15)27-23(30)21(13-17-11-18(25)22(29)19(26)12-17)28-24(31)32-14-16-8-3-2-4-9-16/h2-4,8-9,11-12,15,20-21,29H,5-7,10,13-14H2,1H3,(H,27,30)(H,28,31)/t15-,20-,21-/m1/s1. The number of phenolic OH excluding ortho intramolecular Hbond substituents is 1. The molecule has 0 radical (unpaired) electrons. The van der Waals surface area contributed by atoms with E-state index >= 15 is 0 Å². The number of aromatic hydroxyl groups is 1. The Hall–Kier alpha value is -1.56. The van der Waals surface area contributed by atoms with Gasteiger partial charge < -0.3 is 20.5 Å². The van der Waals surface area contributed by atoms with Crippen LogP contribution in [-0.2, 0) is 22.6 Å². The van der Waals surface area contributed by atoms with Crippen molar-refractivity contribution >= 4 is 57.2 Å². The zero-order valence-electron chi connectivity index (χ0n) is 17.9. The van der Waals surface area contributed by atoms with E-state index in [0.717, 1.165) is 30.4 Å². The van der Waals surface area contributed by atoms with Crippen molar-refractivity contribution in [2.75, 3.05) is 0 Å². The number of halogens is 2. The Morgan fingerprint density at radius 1 is 1.09 bits per heavy atom. The molecule has 0 heterocycles. The molecule has 1 fully saturated rings. The van der Waals surface area contributed by atoms with Gasteiger partial charge in [0.05, 0.1) is 7.14 Å². The molecule has 172 valence electrons. The number of ether oxygens (including phenoxy) is 1. The molecule has 0 unspecified atom stereocenters. The number of carbonyl (C=O) groups excluding carboxylic acids is 2. The van der Waals surface area contributed by atoms with Gasteiger partial charge >= 0.3 is 6.09 Å². The largest absolute Gasteiger partial charge is 0.506 e. The summed E-state index contributed by atoms with van der Waals surface area (Å²) in [5.74, 6) is 0.426. The number of phenols is 1. The summed E-state index contributed by atoms with van der Waals surface area (Å²) in [7, 11) is 0. The number of amides is 2. The van der Waals surface area contributed by atoms with E-state index in [1.165, 1.54) is 6.42 Å². The molecule has 3 atom stereocenters. The lowest BCUT2D eigenvalue weighted by atomic mass is 9.85. The third-order valence-electron chi connectivity index (χ3n) is 5.78. The zero-order chi connectivity index (χ0) is 23.1. The molecule has 2 aromatic rings. The highest BCUT2D eigenvalue weighted by molar-refractivity contribution is 14.1. The fourth-order valence-corrected chi connectivity index (χ4v) is 5.80. The summed E-state index contributed by atoms with van der Waals surface area (Å²) >= 11 is 4.13. The SMILES string of the molecule is C[C@@H]1CCCC[C@H]1NC(=O)[C@@H](Cc1cc(I)c(O)c(I)c1)NC(=O)OCc1ccccc1. The topological polar surface area (TPSA) is 87.7 Å². The molecule has 32 heavy (non-hydrogen) atoms. The van der Waals surface area contributed by atoms with Crippen molar-refractivity contribution in [2.45, 2.75) is 57.7 Å². The number of nitrogens with one attached hydrogen (secondary N) is 2. The Kier molecular flexibility index (Phi) is 9.45. The van der Waals surface area contributed by atoms with Crippen molar-refractivity contribution in [1.82, 2.24) is 10.6 Å². The van der Waals surface area contributed by atoms with Crippen LogP contribution >= 0.6 is 45.2 Å². The van der Waals surface area contributed by atoms with Crippen molar-refractivity contribution in [3.63, 3.8) is 0 Å². The second-order valence-electron chi connectivity index (χ2n) is 8.25. The number of hydrogen-bond acceptors (Lipinski definition) is 4. The molecule has 6 nitrogen and oxygen atoms in total. The van der Waals surface area contributed by atoms with E-state index in [4.69, 9.17) is 4.74 Å². The minimum Gasteiger partial charge on any atom is -0.506 e. The van der Waals surface area contributed by atoms with E-state index < -0.39 is 12.1 Å². The third-order valence-corrected chi connectivity index (χ3v) is 7.42. The number of hydrogen-bond donors (Lipinski definition) is 3. The van der Waals surface area contributed by atoms with E-state index in [9.17, 15) is 14.7 Å². The zero-order valence-corrected chi connectivity index (χ0v) is 22.3. The summed E-state index contributed by atoms with van der Waals surface area (Å²) in [6.45, 7) is 2.29. The van der Waals surface area contributed by atoms with E-state index in [2.05, 4.69) is 62.7 Å². The van der Waals surface area contributed by atoms with E-state index in [0.29, 0.717) is 19.5 Å². The lowest BCUT2D eigenvalue weighted by Gasteiger charge is -2.31. The summed E-state index contributed by atoms with van der Waals surface area (Å²) in [5, 5.41) is 16.0. The van der Waals surface area contributed by atoms with Crippen molar-refractivity contribution in [1.29, 1.82) is 0 Å². The Labute approximate surface area is 216 Å². The van der Waals surface area contributed by atoms with Crippen LogP contribution in [0.15, 0.2) is 42.5 Å². The molecular weight excluding hydrogens is 634 g/mol. The van der Waals surface area contributed by atoms with Crippen LogP contribution in [0, 0.1) is 13.1 Å². The molecule has 3 rings (SSSR count). The predicted octanol–water partition coefficient (Wildman–Crippen LogP) is 5.13. The number of benzene rings is 2. The van der Waals surface area contributed by atoms with Gasteiger partial charge in [-0.3, -0.25) is 4.79 Å². The van der Waals surface area contributed by atoms with Crippen LogP contribution in [0.5, 0.6) is 5.75 Å². The van der Waals surface area contributed by atoms with Gasteiger partial charge in [0.25, 0.3) is 0 Å². The van der Waals surface area contributed by atoms with E-state index in [1.54, 1.807) is 0 Å². The van der Waals surface area contributed by atoms with Crippen LogP contribution in [0.25, 0.3) is 0 Å². The van der Waals surface area contributed by atoms with E-state index in [-0.39, 0.29) is 24.3 Å². The Morgan fingerprint density at radius 2 is 1.75 bits per heavy atom. The Bertz CT molecular complexity index is 916. The van der Waals surface area contributed by atoms with E-state index in [1.807, 2.05) is 42.5 Å². The predicted molar refractivity (Wildman–Crippen MR) is 140 cm³/mol. The van der Waals surface area contributed by atoms with Gasteiger partial charge in [-0.1, -0.05) is 50.1 Å². The van der Waals surface area contributed by atoms with Gasteiger partial charge in [0, 0.05) is 12.5 Å². The van der Waals surface area contributed by atoms with Crippen molar-refractivity contribution in [3.05, 3.63) is 60.7 Å². The third kappa shape index (κ3) is 7.23.